The topological polar surface area (TPSA) is 80.3 Å². The van der Waals surface area contributed by atoms with Crippen molar-refractivity contribution in [3.63, 3.8) is 0 Å². The van der Waals surface area contributed by atoms with Crippen LogP contribution < -0.4 is 42.0 Å². The molecule has 0 heterocycles. The zero-order valence-electron chi connectivity index (χ0n) is 33.5. The van der Waals surface area contributed by atoms with Crippen molar-refractivity contribution in [2.45, 2.75) is 88.4 Å². The van der Waals surface area contributed by atoms with Crippen LogP contribution in [0.4, 0.5) is 0 Å². The summed E-state index contributed by atoms with van der Waals surface area (Å²) in [6.45, 7) is 0. The second-order valence-corrected chi connectivity index (χ2v) is 22.7. The Morgan fingerprint density at radius 1 is 0.345 bits per heavy atom. The lowest BCUT2D eigenvalue weighted by molar-refractivity contribution is -0.315. The minimum absolute atomic E-state index is 0.470. The summed E-state index contributed by atoms with van der Waals surface area (Å²) >= 11 is 0. The Morgan fingerprint density at radius 2 is 0.534 bits per heavy atom. The fourth-order valence-electron chi connectivity index (χ4n) is 9.28. The standard InChI is InChI=1S/2C24H26P.C4H6O4/c2*1-5-13-21(14-6-1)25(22-15-7-2-8-16-22,23-17-9-3-10-18-23)24-19-11-4-12-20-24;5-3(6)1-2-4(7)8/h2*1-3,5-10,13-18,24H,4,11-12,19-20H2;1-2H2,(H,5,6)(H,7,8)/q2*+1;/p-2. The number of hydrogen-bond donors (Lipinski definition) is 0. The van der Waals surface area contributed by atoms with Crippen molar-refractivity contribution in [3.05, 3.63) is 182 Å². The van der Waals surface area contributed by atoms with Gasteiger partial charge in [0.05, 0.1) is 11.3 Å². The molecule has 0 saturated heterocycles. The van der Waals surface area contributed by atoms with Crippen LogP contribution >= 0.6 is 14.5 Å². The van der Waals surface area contributed by atoms with Gasteiger partial charge in [-0.2, -0.15) is 0 Å². The van der Waals surface area contributed by atoms with Crippen molar-refractivity contribution in [3.8, 4) is 0 Å². The molecule has 2 fully saturated rings. The Hall–Kier alpha value is -4.88. The first-order valence-corrected chi connectivity index (χ1v) is 24.7. The maximum atomic E-state index is 9.50. The fourth-order valence-corrected chi connectivity index (χ4v) is 19.7. The Kier molecular flexibility index (Phi) is 16.0. The van der Waals surface area contributed by atoms with E-state index in [4.69, 9.17) is 0 Å². The molecule has 4 nitrogen and oxygen atoms in total. The normalized spacial score (nSPS) is 14.8. The van der Waals surface area contributed by atoms with Gasteiger partial charge in [-0.15, -0.1) is 0 Å². The minimum atomic E-state index is -1.63. The SMILES string of the molecule is O=C([O-])CCC(=O)[O-].c1ccc([P+](c2ccccc2)(c2ccccc2)C2CCCCC2)cc1.c1ccc([P+](c2ccccc2)(c2ccccc2)C2CCCCC2)cc1. The Balaban J connectivity index is 0.000000165. The highest BCUT2D eigenvalue weighted by atomic mass is 31.2. The third kappa shape index (κ3) is 10.2. The molecular weight excluding hydrogens is 751 g/mol. The highest BCUT2D eigenvalue weighted by Gasteiger charge is 2.53. The molecule has 298 valence electrons. The highest BCUT2D eigenvalue weighted by molar-refractivity contribution is 7.96. The van der Waals surface area contributed by atoms with Gasteiger partial charge in [-0.1, -0.05) is 122 Å². The second-order valence-electron chi connectivity index (χ2n) is 15.3. The van der Waals surface area contributed by atoms with Gasteiger partial charge in [0, 0.05) is 11.9 Å². The Morgan fingerprint density at radius 3 is 0.707 bits per heavy atom. The van der Waals surface area contributed by atoms with Gasteiger partial charge in [-0.25, -0.2) is 0 Å². The highest BCUT2D eigenvalue weighted by Crippen LogP contribution is 2.64. The van der Waals surface area contributed by atoms with Crippen LogP contribution in [0.3, 0.4) is 0 Å². The van der Waals surface area contributed by atoms with E-state index in [-0.39, 0.29) is 0 Å². The zero-order valence-corrected chi connectivity index (χ0v) is 35.3. The molecule has 58 heavy (non-hydrogen) atoms. The van der Waals surface area contributed by atoms with E-state index in [1.165, 1.54) is 64.2 Å². The lowest BCUT2D eigenvalue weighted by atomic mass is 10.0. The first-order valence-electron chi connectivity index (χ1n) is 21.0. The molecule has 0 amide bonds. The average molecular weight is 807 g/mol. The molecule has 2 saturated carbocycles. The molecule has 2 aliphatic carbocycles. The number of rotatable bonds is 11. The summed E-state index contributed by atoms with van der Waals surface area (Å²) in [6.07, 6.45) is 12.8. The van der Waals surface area contributed by atoms with Crippen molar-refractivity contribution >= 4 is 58.3 Å². The van der Waals surface area contributed by atoms with Gasteiger partial charge in [0.15, 0.2) is 0 Å². The third-order valence-electron chi connectivity index (χ3n) is 11.8. The van der Waals surface area contributed by atoms with Gasteiger partial charge in [-0.3, -0.25) is 0 Å². The summed E-state index contributed by atoms with van der Waals surface area (Å²) in [5, 5.41) is 28.2. The molecule has 6 aromatic carbocycles. The van der Waals surface area contributed by atoms with Gasteiger partial charge in [0.2, 0.25) is 0 Å². The number of carbonyl (C=O) groups is 2. The first kappa shape index (κ1) is 42.7. The number of aliphatic carboxylic acids is 2. The van der Waals surface area contributed by atoms with Crippen LogP contribution in [0.2, 0.25) is 0 Å². The van der Waals surface area contributed by atoms with Crippen LogP contribution in [0.15, 0.2) is 182 Å². The maximum absolute atomic E-state index is 9.50. The first-order chi connectivity index (χ1) is 28.5. The minimum Gasteiger partial charge on any atom is -0.550 e. The molecule has 8 rings (SSSR count). The molecule has 0 radical (unpaired) electrons. The Bertz CT molecular complexity index is 1740. The van der Waals surface area contributed by atoms with Crippen LogP contribution in [-0.4, -0.2) is 23.3 Å². The maximum Gasteiger partial charge on any atom is 0.115 e. The molecule has 2 aliphatic rings. The number of benzene rings is 6. The number of hydrogen-bond acceptors (Lipinski definition) is 4. The molecule has 6 heteroatoms. The van der Waals surface area contributed by atoms with Gasteiger partial charge < -0.3 is 19.8 Å². The molecule has 0 bridgehead atoms. The van der Waals surface area contributed by atoms with E-state index in [0.29, 0.717) is 0 Å². The molecule has 6 aromatic rings. The summed E-state index contributed by atoms with van der Waals surface area (Å²) < 4.78 is 0. The third-order valence-corrected chi connectivity index (χ3v) is 21.7. The van der Waals surface area contributed by atoms with Gasteiger partial charge in [0.1, 0.15) is 46.4 Å². The summed E-state index contributed by atoms with van der Waals surface area (Å²) in [7, 11) is -3.26. The summed E-state index contributed by atoms with van der Waals surface area (Å²) in [6, 6.07) is 68.1. The van der Waals surface area contributed by atoms with E-state index in [2.05, 4.69) is 182 Å². The summed E-state index contributed by atoms with van der Waals surface area (Å²) in [5.41, 5.74) is 1.52. The lowest BCUT2D eigenvalue weighted by Crippen LogP contribution is -2.39. The number of carboxylic acids is 2. The number of carboxylic acid groups (broad SMARTS) is 2. The smallest absolute Gasteiger partial charge is 0.115 e. The monoisotopic (exact) mass is 806 g/mol. The molecule has 0 unspecified atom stereocenters. The van der Waals surface area contributed by atoms with Gasteiger partial charge >= 0.3 is 0 Å². The Labute approximate surface area is 347 Å². The lowest BCUT2D eigenvalue weighted by Gasteiger charge is -2.36. The average Bonchev–Trinajstić information content (AvgIpc) is 3.30. The van der Waals surface area contributed by atoms with Crippen LogP contribution in [-0.2, 0) is 9.59 Å². The molecule has 0 aliphatic heterocycles. The predicted molar refractivity (Wildman–Crippen MR) is 243 cm³/mol. The molecular formula is C52H56O4P2. The van der Waals surface area contributed by atoms with Crippen molar-refractivity contribution in [2.24, 2.45) is 0 Å². The molecule has 0 aromatic heterocycles. The quantitative estimate of drug-likeness (QED) is 0.125. The molecule has 0 N–H and O–H groups in total. The van der Waals surface area contributed by atoms with E-state index in [0.717, 1.165) is 11.3 Å². The summed E-state index contributed by atoms with van der Waals surface area (Å²) in [5.74, 6) is -2.73. The van der Waals surface area contributed by atoms with Gasteiger partial charge in [-0.05, 0) is 137 Å². The van der Waals surface area contributed by atoms with Crippen molar-refractivity contribution in [1.82, 2.24) is 0 Å². The van der Waals surface area contributed by atoms with E-state index < -0.39 is 39.3 Å². The fraction of sp³-hybridized carbons (Fsp3) is 0.269. The van der Waals surface area contributed by atoms with Crippen molar-refractivity contribution in [1.29, 1.82) is 0 Å². The summed E-state index contributed by atoms with van der Waals surface area (Å²) in [4.78, 5) is 19.0. The predicted octanol–water partition coefficient (Wildman–Crippen LogP) is 7.89. The van der Waals surface area contributed by atoms with E-state index in [1.807, 2.05) is 0 Å². The van der Waals surface area contributed by atoms with E-state index in [9.17, 15) is 19.8 Å². The van der Waals surface area contributed by atoms with E-state index >= 15 is 0 Å². The number of carbonyl (C=O) groups excluding carboxylic acids is 2. The van der Waals surface area contributed by atoms with Crippen LogP contribution in [0.5, 0.6) is 0 Å². The largest absolute Gasteiger partial charge is 0.550 e. The molecule has 0 spiro atoms. The second kappa shape index (κ2) is 21.8. The van der Waals surface area contributed by atoms with Crippen LogP contribution in [0.25, 0.3) is 0 Å². The molecule has 0 atom stereocenters. The van der Waals surface area contributed by atoms with E-state index in [1.54, 1.807) is 31.8 Å². The van der Waals surface area contributed by atoms with Crippen molar-refractivity contribution in [2.75, 3.05) is 0 Å². The van der Waals surface area contributed by atoms with Crippen LogP contribution in [0.1, 0.15) is 77.0 Å². The van der Waals surface area contributed by atoms with Gasteiger partial charge in [0.25, 0.3) is 0 Å². The van der Waals surface area contributed by atoms with Crippen LogP contribution in [0, 0.1) is 0 Å². The van der Waals surface area contributed by atoms with Crippen molar-refractivity contribution < 1.29 is 19.8 Å². The zero-order chi connectivity index (χ0) is 40.5.